The van der Waals surface area contributed by atoms with Gasteiger partial charge in [0.15, 0.2) is 6.40 Å². The molecule has 0 N–H and O–H groups in total. The van der Waals surface area contributed by atoms with E-state index in [1.54, 1.807) is 6.21 Å². The SMILES string of the molecule is CC1C=NN=CO1. The molecule has 1 atom stereocenters. The number of hydrogen-bond donors (Lipinski definition) is 0. The Morgan fingerprint density at radius 1 is 1.57 bits per heavy atom. The molecule has 0 aromatic rings. The van der Waals surface area contributed by atoms with Crippen molar-refractivity contribution in [3.05, 3.63) is 0 Å². The van der Waals surface area contributed by atoms with Crippen molar-refractivity contribution >= 4 is 12.6 Å². The first-order valence-electron chi connectivity index (χ1n) is 2.10. The molecule has 1 rings (SSSR count). The minimum Gasteiger partial charge on any atom is -0.473 e. The predicted molar refractivity (Wildman–Crippen MR) is 27.5 cm³/mol. The molecule has 3 nitrogen and oxygen atoms in total. The average Bonchev–Trinajstić information content (AvgIpc) is 1.69. The Balaban J connectivity index is 2.49. The van der Waals surface area contributed by atoms with Crippen LogP contribution in [0.4, 0.5) is 0 Å². The van der Waals surface area contributed by atoms with Gasteiger partial charge in [-0.15, -0.1) is 5.10 Å². The Morgan fingerprint density at radius 2 is 2.43 bits per heavy atom. The second-order valence-corrected chi connectivity index (χ2v) is 1.33. The third kappa shape index (κ3) is 0.994. The van der Waals surface area contributed by atoms with Crippen molar-refractivity contribution in [1.82, 2.24) is 0 Å². The van der Waals surface area contributed by atoms with E-state index in [4.69, 9.17) is 4.74 Å². The summed E-state index contributed by atoms with van der Waals surface area (Å²) in [5.74, 6) is 0. The van der Waals surface area contributed by atoms with Crippen LogP contribution in [0.25, 0.3) is 0 Å². The van der Waals surface area contributed by atoms with Gasteiger partial charge >= 0.3 is 0 Å². The third-order valence-corrected chi connectivity index (χ3v) is 0.666. The first-order valence-corrected chi connectivity index (χ1v) is 2.10. The van der Waals surface area contributed by atoms with E-state index >= 15 is 0 Å². The first kappa shape index (κ1) is 4.30. The maximum atomic E-state index is 4.84. The fourth-order valence-electron chi connectivity index (χ4n) is 0.318. The number of ether oxygens (including phenoxy) is 1. The minimum atomic E-state index is 0.0949. The van der Waals surface area contributed by atoms with Gasteiger partial charge in [-0.3, -0.25) is 0 Å². The summed E-state index contributed by atoms with van der Waals surface area (Å²) in [7, 11) is 0. The molecule has 3 heteroatoms. The van der Waals surface area contributed by atoms with Crippen LogP contribution in [0, 0.1) is 0 Å². The number of rotatable bonds is 0. The van der Waals surface area contributed by atoms with E-state index in [0.717, 1.165) is 0 Å². The van der Waals surface area contributed by atoms with Crippen molar-refractivity contribution < 1.29 is 4.74 Å². The molecule has 1 aliphatic heterocycles. The molecule has 0 aromatic heterocycles. The lowest BCUT2D eigenvalue weighted by Crippen LogP contribution is -2.10. The smallest absolute Gasteiger partial charge is 0.195 e. The highest BCUT2D eigenvalue weighted by atomic mass is 16.5. The van der Waals surface area contributed by atoms with Crippen LogP contribution in [0.3, 0.4) is 0 Å². The number of hydrogen-bond acceptors (Lipinski definition) is 3. The van der Waals surface area contributed by atoms with Gasteiger partial charge in [0.1, 0.15) is 6.10 Å². The van der Waals surface area contributed by atoms with Crippen molar-refractivity contribution in [2.24, 2.45) is 10.2 Å². The van der Waals surface area contributed by atoms with Gasteiger partial charge in [-0.05, 0) is 6.92 Å². The summed E-state index contributed by atoms with van der Waals surface area (Å²) in [6.45, 7) is 1.90. The van der Waals surface area contributed by atoms with E-state index in [0.29, 0.717) is 0 Å². The molecule has 0 amide bonds. The molecule has 0 aromatic carbocycles. The zero-order valence-electron chi connectivity index (χ0n) is 4.03. The van der Waals surface area contributed by atoms with Crippen LogP contribution < -0.4 is 0 Å². The Bertz CT molecular complexity index is 108. The summed E-state index contributed by atoms with van der Waals surface area (Å²) in [5, 5.41) is 7.03. The van der Waals surface area contributed by atoms with Gasteiger partial charge in [0.2, 0.25) is 0 Å². The van der Waals surface area contributed by atoms with Gasteiger partial charge in [0, 0.05) is 0 Å². The Labute approximate surface area is 41.7 Å². The summed E-state index contributed by atoms with van der Waals surface area (Å²) in [5.41, 5.74) is 0. The topological polar surface area (TPSA) is 34.0 Å². The molecule has 0 bridgehead atoms. The molecule has 0 saturated carbocycles. The van der Waals surface area contributed by atoms with Gasteiger partial charge in [-0.2, -0.15) is 5.10 Å². The van der Waals surface area contributed by atoms with Gasteiger partial charge in [-0.1, -0.05) is 0 Å². The zero-order valence-corrected chi connectivity index (χ0v) is 4.03. The van der Waals surface area contributed by atoms with Crippen LogP contribution in [0.5, 0.6) is 0 Å². The molecule has 0 spiro atoms. The summed E-state index contributed by atoms with van der Waals surface area (Å²) in [6, 6.07) is 0. The normalized spacial score (nSPS) is 27.3. The van der Waals surface area contributed by atoms with E-state index in [2.05, 4.69) is 10.2 Å². The third-order valence-electron chi connectivity index (χ3n) is 0.666. The molecule has 0 saturated heterocycles. The van der Waals surface area contributed by atoms with Crippen LogP contribution in [-0.4, -0.2) is 18.7 Å². The summed E-state index contributed by atoms with van der Waals surface area (Å²) < 4.78 is 4.84. The molecule has 0 radical (unpaired) electrons. The van der Waals surface area contributed by atoms with Gasteiger partial charge in [0.25, 0.3) is 0 Å². The lowest BCUT2D eigenvalue weighted by molar-refractivity contribution is 0.286. The molecule has 1 aliphatic rings. The Hall–Kier alpha value is -0.860. The molecule has 0 fully saturated rings. The summed E-state index contributed by atoms with van der Waals surface area (Å²) in [4.78, 5) is 0. The second-order valence-electron chi connectivity index (χ2n) is 1.33. The van der Waals surface area contributed by atoms with Crippen LogP contribution in [0.2, 0.25) is 0 Å². The lowest BCUT2D eigenvalue weighted by Gasteiger charge is -2.04. The van der Waals surface area contributed by atoms with E-state index in [1.165, 1.54) is 6.40 Å². The Morgan fingerprint density at radius 3 is 2.71 bits per heavy atom. The second kappa shape index (κ2) is 1.73. The van der Waals surface area contributed by atoms with Crippen LogP contribution in [-0.2, 0) is 4.74 Å². The average molecular weight is 98.1 g/mol. The largest absolute Gasteiger partial charge is 0.473 e. The molecular weight excluding hydrogens is 92.1 g/mol. The molecule has 1 unspecified atom stereocenters. The molecule has 0 aliphatic carbocycles. The fourth-order valence-corrected chi connectivity index (χ4v) is 0.318. The van der Waals surface area contributed by atoms with E-state index in [1.807, 2.05) is 6.92 Å². The Kier molecular flexibility index (Phi) is 1.06. The minimum absolute atomic E-state index is 0.0949. The lowest BCUT2D eigenvalue weighted by atomic mass is 10.4. The van der Waals surface area contributed by atoms with Crippen LogP contribution in [0.1, 0.15) is 6.92 Å². The van der Waals surface area contributed by atoms with Gasteiger partial charge in [-0.25, -0.2) is 0 Å². The van der Waals surface area contributed by atoms with Crippen molar-refractivity contribution in [2.45, 2.75) is 13.0 Å². The fraction of sp³-hybridized carbons (Fsp3) is 0.500. The zero-order chi connectivity index (χ0) is 5.11. The maximum Gasteiger partial charge on any atom is 0.195 e. The molecule has 1 heterocycles. The monoisotopic (exact) mass is 98.0 g/mol. The summed E-state index contributed by atoms with van der Waals surface area (Å²) in [6.07, 6.45) is 3.07. The van der Waals surface area contributed by atoms with Crippen LogP contribution >= 0.6 is 0 Å². The maximum absolute atomic E-state index is 4.84. The van der Waals surface area contributed by atoms with E-state index < -0.39 is 0 Å². The number of nitrogens with zero attached hydrogens (tertiary/aromatic N) is 2. The van der Waals surface area contributed by atoms with Gasteiger partial charge < -0.3 is 4.74 Å². The van der Waals surface area contributed by atoms with E-state index in [-0.39, 0.29) is 6.10 Å². The quantitative estimate of drug-likeness (QED) is 0.432. The van der Waals surface area contributed by atoms with Crippen molar-refractivity contribution in [3.63, 3.8) is 0 Å². The summed E-state index contributed by atoms with van der Waals surface area (Å²) >= 11 is 0. The molecule has 7 heavy (non-hydrogen) atoms. The highest BCUT2D eigenvalue weighted by molar-refractivity contribution is 5.67. The van der Waals surface area contributed by atoms with Gasteiger partial charge in [0.05, 0.1) is 6.21 Å². The highest BCUT2D eigenvalue weighted by Crippen LogP contribution is 1.88. The van der Waals surface area contributed by atoms with E-state index in [9.17, 15) is 0 Å². The first-order chi connectivity index (χ1) is 3.39. The van der Waals surface area contributed by atoms with Crippen molar-refractivity contribution in [3.8, 4) is 0 Å². The van der Waals surface area contributed by atoms with Crippen LogP contribution in [0.15, 0.2) is 10.2 Å². The van der Waals surface area contributed by atoms with Crippen molar-refractivity contribution in [2.75, 3.05) is 0 Å². The highest BCUT2D eigenvalue weighted by Gasteiger charge is 1.95. The standard InChI is InChI=1S/C4H6N2O/c1-4-2-5-6-3-7-4/h2-4H,1H3. The molecular formula is C4H6N2O. The van der Waals surface area contributed by atoms with Crippen molar-refractivity contribution in [1.29, 1.82) is 0 Å². The molecule has 38 valence electrons. The predicted octanol–water partition coefficient (Wildman–Crippen LogP) is 0.419.